The summed E-state index contributed by atoms with van der Waals surface area (Å²) in [4.78, 5) is 27.1. The molecule has 2 aromatic carbocycles. The number of nitrogens with zero attached hydrogens (tertiary/aromatic N) is 1. The van der Waals surface area contributed by atoms with Gasteiger partial charge in [0.15, 0.2) is 0 Å². The van der Waals surface area contributed by atoms with Crippen LogP contribution in [0.4, 0.5) is 0 Å². The fourth-order valence-electron chi connectivity index (χ4n) is 3.22. The number of carbonyl (C=O) groups is 2. The second-order valence-corrected chi connectivity index (χ2v) is 8.08. The number of unbranched alkanes of at least 4 members (excludes halogenated alkanes) is 4. The smallest absolute Gasteiger partial charge is 0.261 e. The van der Waals surface area contributed by atoms with E-state index in [9.17, 15) is 9.59 Å². The lowest BCUT2D eigenvalue weighted by atomic mass is 9.94. The lowest BCUT2D eigenvalue weighted by molar-refractivity contribution is 0.0607. The van der Waals surface area contributed by atoms with Crippen LogP contribution >= 0.6 is 38.5 Å². The molecule has 1 aliphatic rings. The summed E-state index contributed by atoms with van der Waals surface area (Å²) in [7, 11) is 0. The molecule has 0 atom stereocenters. The molecule has 0 saturated heterocycles. The van der Waals surface area contributed by atoms with Gasteiger partial charge in [0.05, 0.1) is 0 Å². The lowest BCUT2D eigenvalue weighted by Crippen LogP contribution is -2.41. The Labute approximate surface area is 164 Å². The van der Waals surface area contributed by atoms with Crippen LogP contribution in [0.3, 0.4) is 0 Å². The van der Waals surface area contributed by atoms with Crippen LogP contribution in [0, 0.1) is 3.57 Å². The molecule has 126 valence electrons. The first-order chi connectivity index (χ1) is 11.6. The van der Waals surface area contributed by atoms with Crippen molar-refractivity contribution in [3.63, 3.8) is 0 Å². The van der Waals surface area contributed by atoms with E-state index < -0.39 is 0 Å². The highest BCUT2D eigenvalue weighted by atomic mass is 127. The Morgan fingerprint density at radius 1 is 1.04 bits per heavy atom. The predicted molar refractivity (Wildman–Crippen MR) is 108 cm³/mol. The largest absolute Gasteiger partial charge is 0.274 e. The van der Waals surface area contributed by atoms with Crippen LogP contribution < -0.4 is 0 Å². The van der Waals surface area contributed by atoms with E-state index in [0.717, 1.165) is 38.1 Å². The molecule has 0 unspecified atom stereocenters. The number of rotatable bonds is 6. The van der Waals surface area contributed by atoms with Crippen molar-refractivity contribution in [1.29, 1.82) is 0 Å². The van der Waals surface area contributed by atoms with Crippen LogP contribution in [0.2, 0.25) is 0 Å². The van der Waals surface area contributed by atoms with E-state index in [-0.39, 0.29) is 11.8 Å². The van der Waals surface area contributed by atoms with Crippen molar-refractivity contribution in [2.75, 3.05) is 6.54 Å². The van der Waals surface area contributed by atoms with Crippen molar-refractivity contribution in [2.24, 2.45) is 0 Å². The van der Waals surface area contributed by atoms with Crippen molar-refractivity contribution in [3.05, 3.63) is 43.4 Å². The summed E-state index contributed by atoms with van der Waals surface area (Å²) < 4.78 is 1.93. The second-order valence-electron chi connectivity index (χ2n) is 6.12. The zero-order valence-electron chi connectivity index (χ0n) is 13.6. The third-order valence-corrected chi connectivity index (χ3v) is 6.93. The van der Waals surface area contributed by atoms with E-state index in [0.29, 0.717) is 17.7 Å². The van der Waals surface area contributed by atoms with Gasteiger partial charge in [0.2, 0.25) is 0 Å². The van der Waals surface area contributed by atoms with Gasteiger partial charge in [0.1, 0.15) is 0 Å². The molecular weight excluding hydrogens is 481 g/mol. The Balaban J connectivity index is 1.95. The Morgan fingerprint density at radius 3 is 2.50 bits per heavy atom. The van der Waals surface area contributed by atoms with E-state index in [4.69, 9.17) is 0 Å². The van der Waals surface area contributed by atoms with Gasteiger partial charge in [-0.1, -0.05) is 44.7 Å². The van der Waals surface area contributed by atoms with Crippen molar-refractivity contribution >= 4 is 61.1 Å². The van der Waals surface area contributed by atoms with Crippen LogP contribution in [0.15, 0.2) is 28.7 Å². The molecule has 3 nitrogen and oxygen atoms in total. The van der Waals surface area contributed by atoms with E-state index in [1.807, 2.05) is 24.3 Å². The molecule has 0 spiro atoms. The highest BCUT2D eigenvalue weighted by Gasteiger charge is 2.33. The van der Waals surface area contributed by atoms with Crippen molar-refractivity contribution in [2.45, 2.75) is 39.0 Å². The summed E-state index contributed by atoms with van der Waals surface area (Å²) in [5.74, 6) is -0.327. The predicted octanol–water partition coefficient (Wildman–Crippen LogP) is 5.77. The Kier molecular flexibility index (Phi) is 5.59. The van der Waals surface area contributed by atoms with Gasteiger partial charge in [-0.05, 0) is 62.5 Å². The Hall–Kier alpha value is -0.950. The normalized spacial score (nSPS) is 13.9. The molecule has 0 bridgehead atoms. The van der Waals surface area contributed by atoms with E-state index >= 15 is 0 Å². The number of hydrogen-bond donors (Lipinski definition) is 0. The molecule has 1 aliphatic heterocycles. The second kappa shape index (κ2) is 7.52. The molecule has 3 rings (SSSR count). The highest BCUT2D eigenvalue weighted by molar-refractivity contribution is 14.1. The molecule has 0 N–H and O–H groups in total. The summed E-state index contributed by atoms with van der Waals surface area (Å²) in [5, 5.41) is 1.71. The van der Waals surface area contributed by atoms with Gasteiger partial charge in [0.25, 0.3) is 11.8 Å². The first-order valence-electron chi connectivity index (χ1n) is 8.33. The maximum atomic E-state index is 12.9. The van der Waals surface area contributed by atoms with Crippen molar-refractivity contribution in [3.8, 4) is 0 Å². The molecule has 0 saturated carbocycles. The maximum absolute atomic E-state index is 12.9. The van der Waals surface area contributed by atoms with Gasteiger partial charge >= 0.3 is 0 Å². The Bertz CT molecular complexity index is 819. The minimum atomic E-state index is -0.165. The fraction of sp³-hybridized carbons (Fsp3) is 0.368. The van der Waals surface area contributed by atoms with Crippen LogP contribution in [0.5, 0.6) is 0 Å². The van der Waals surface area contributed by atoms with Gasteiger partial charge in [-0.2, -0.15) is 0 Å². The standard InChI is InChI=1S/C19H19BrINO2/c1-2-3-4-5-6-10-22-18(23)13-9-7-8-12-16(13)14(19(22)24)11-15(21)17(12)20/h7-9,11H,2-6,10H2,1H3. The van der Waals surface area contributed by atoms with Crippen LogP contribution in [-0.2, 0) is 0 Å². The number of hydrogen-bond acceptors (Lipinski definition) is 2. The molecule has 24 heavy (non-hydrogen) atoms. The first kappa shape index (κ1) is 17.9. The number of imide groups is 1. The summed E-state index contributed by atoms with van der Waals surface area (Å²) in [5.41, 5.74) is 1.27. The molecule has 0 radical (unpaired) electrons. The van der Waals surface area contributed by atoms with Gasteiger partial charge in [-0.15, -0.1) is 0 Å². The third kappa shape index (κ3) is 3.12. The molecule has 2 aromatic rings. The van der Waals surface area contributed by atoms with Gasteiger partial charge in [-0.3, -0.25) is 14.5 Å². The Morgan fingerprint density at radius 2 is 1.75 bits per heavy atom. The zero-order chi connectivity index (χ0) is 17.3. The fourth-order valence-corrected chi connectivity index (χ4v) is 4.27. The maximum Gasteiger partial charge on any atom is 0.261 e. The minimum Gasteiger partial charge on any atom is -0.274 e. The molecule has 0 aromatic heterocycles. The number of halogens is 2. The molecule has 0 aliphatic carbocycles. The SMILES string of the molecule is CCCCCCCN1C(=O)c2cccc3c(Br)c(I)cc(c23)C1=O. The summed E-state index contributed by atoms with van der Waals surface area (Å²) >= 11 is 5.80. The average Bonchev–Trinajstić information content (AvgIpc) is 2.58. The summed E-state index contributed by atoms with van der Waals surface area (Å²) in [6.07, 6.45) is 5.47. The first-order valence-corrected chi connectivity index (χ1v) is 10.2. The molecule has 1 heterocycles. The monoisotopic (exact) mass is 499 g/mol. The summed E-state index contributed by atoms with van der Waals surface area (Å²) in [6.45, 7) is 2.68. The average molecular weight is 500 g/mol. The van der Waals surface area contributed by atoms with Crippen LogP contribution in [0.1, 0.15) is 59.7 Å². The highest BCUT2D eigenvalue weighted by Crippen LogP contribution is 2.37. The zero-order valence-corrected chi connectivity index (χ0v) is 17.3. The molecule has 5 heteroatoms. The van der Waals surface area contributed by atoms with Crippen LogP contribution in [-0.4, -0.2) is 23.3 Å². The van der Waals surface area contributed by atoms with Crippen molar-refractivity contribution in [1.82, 2.24) is 4.90 Å². The van der Waals surface area contributed by atoms with E-state index in [1.165, 1.54) is 17.7 Å². The van der Waals surface area contributed by atoms with Gasteiger partial charge < -0.3 is 0 Å². The third-order valence-electron chi connectivity index (χ3n) is 4.49. The number of amides is 2. The minimum absolute atomic E-state index is 0.162. The molecular formula is C19H19BrINO2. The van der Waals surface area contributed by atoms with Crippen molar-refractivity contribution < 1.29 is 9.59 Å². The summed E-state index contributed by atoms with van der Waals surface area (Å²) in [6, 6.07) is 7.55. The molecule has 2 amide bonds. The van der Waals surface area contributed by atoms with E-state index in [1.54, 1.807) is 0 Å². The van der Waals surface area contributed by atoms with Gasteiger partial charge in [0, 0.05) is 31.1 Å². The topological polar surface area (TPSA) is 37.4 Å². The molecule has 0 fully saturated rings. The van der Waals surface area contributed by atoms with E-state index in [2.05, 4.69) is 45.4 Å². The van der Waals surface area contributed by atoms with Gasteiger partial charge in [-0.25, -0.2) is 0 Å². The lowest BCUT2D eigenvalue weighted by Gasteiger charge is -2.27. The number of carbonyl (C=O) groups excluding carboxylic acids is 2. The number of benzene rings is 2. The quantitative estimate of drug-likeness (QED) is 0.287. The van der Waals surface area contributed by atoms with Crippen LogP contribution in [0.25, 0.3) is 10.8 Å².